The smallest absolute Gasteiger partial charge is 0.198 e. The topological polar surface area (TPSA) is 46.8 Å². The van der Waals surface area contributed by atoms with E-state index in [0.29, 0.717) is 4.77 Å². The Balaban J connectivity index is 2.23. The molecular weight excluding hydrogens is 234 g/mol. The molecule has 1 N–H and O–H groups in total. The van der Waals surface area contributed by atoms with Gasteiger partial charge in [-0.05, 0) is 31.3 Å². The molecule has 4 nitrogen and oxygen atoms in total. The van der Waals surface area contributed by atoms with Crippen LogP contribution in [0.15, 0.2) is 34.7 Å². The second kappa shape index (κ2) is 3.85. The van der Waals surface area contributed by atoms with Crippen molar-refractivity contribution < 1.29 is 4.42 Å². The highest BCUT2D eigenvalue weighted by atomic mass is 32.1. The minimum Gasteiger partial charge on any atom is -0.453 e. The Morgan fingerprint density at radius 3 is 3.00 bits per heavy atom. The fraction of sp³-hybridized carbons (Fsp3) is 0.167. The van der Waals surface area contributed by atoms with Crippen molar-refractivity contribution in [1.29, 1.82) is 0 Å². The molecule has 0 aliphatic carbocycles. The van der Waals surface area contributed by atoms with Crippen molar-refractivity contribution in [3.63, 3.8) is 0 Å². The van der Waals surface area contributed by atoms with Gasteiger partial charge in [-0.15, -0.1) is 0 Å². The van der Waals surface area contributed by atoms with Crippen molar-refractivity contribution in [3.05, 3.63) is 35.1 Å². The van der Waals surface area contributed by atoms with Crippen molar-refractivity contribution >= 4 is 23.2 Å². The van der Waals surface area contributed by atoms with E-state index in [1.54, 1.807) is 0 Å². The molecule has 5 heteroatoms. The SMILES string of the molecule is CCn1c(-c2cc3ccccc3o2)n[nH]c1=S. The van der Waals surface area contributed by atoms with E-state index >= 15 is 0 Å². The van der Waals surface area contributed by atoms with Crippen molar-refractivity contribution in [2.75, 3.05) is 0 Å². The zero-order valence-electron chi connectivity index (χ0n) is 9.30. The van der Waals surface area contributed by atoms with Gasteiger partial charge in [-0.1, -0.05) is 18.2 Å². The van der Waals surface area contributed by atoms with E-state index < -0.39 is 0 Å². The van der Waals surface area contributed by atoms with E-state index in [1.807, 2.05) is 41.8 Å². The molecule has 0 aliphatic heterocycles. The van der Waals surface area contributed by atoms with Crippen LogP contribution >= 0.6 is 12.2 Å². The number of furan rings is 1. The van der Waals surface area contributed by atoms with Crippen LogP contribution in [0.25, 0.3) is 22.6 Å². The van der Waals surface area contributed by atoms with Crippen molar-refractivity contribution in [2.45, 2.75) is 13.5 Å². The first-order valence-corrected chi connectivity index (χ1v) is 5.84. The maximum atomic E-state index is 5.76. The minimum absolute atomic E-state index is 0.614. The molecule has 3 rings (SSSR count). The molecule has 2 heterocycles. The van der Waals surface area contributed by atoms with Crippen LogP contribution < -0.4 is 0 Å². The largest absolute Gasteiger partial charge is 0.453 e. The van der Waals surface area contributed by atoms with Crippen LogP contribution in [-0.4, -0.2) is 14.8 Å². The molecule has 1 aromatic carbocycles. The number of nitrogens with zero attached hydrogens (tertiary/aromatic N) is 2. The summed E-state index contributed by atoms with van der Waals surface area (Å²) in [7, 11) is 0. The number of aromatic amines is 1. The molecule has 0 fully saturated rings. The highest BCUT2D eigenvalue weighted by Crippen LogP contribution is 2.26. The molecule has 17 heavy (non-hydrogen) atoms. The van der Waals surface area contributed by atoms with Crippen LogP contribution in [0.5, 0.6) is 0 Å². The van der Waals surface area contributed by atoms with E-state index in [0.717, 1.165) is 29.1 Å². The van der Waals surface area contributed by atoms with Crippen LogP contribution in [0.3, 0.4) is 0 Å². The highest BCUT2D eigenvalue weighted by Gasteiger charge is 2.12. The van der Waals surface area contributed by atoms with Gasteiger partial charge >= 0.3 is 0 Å². The Labute approximate surface area is 103 Å². The van der Waals surface area contributed by atoms with Gasteiger partial charge in [0.15, 0.2) is 16.4 Å². The van der Waals surface area contributed by atoms with Crippen LogP contribution in [0, 0.1) is 4.77 Å². The first-order chi connectivity index (χ1) is 8.29. The summed E-state index contributed by atoms with van der Waals surface area (Å²) in [6.45, 7) is 2.79. The van der Waals surface area contributed by atoms with Gasteiger partial charge in [-0.3, -0.25) is 9.67 Å². The van der Waals surface area contributed by atoms with Gasteiger partial charge in [0.25, 0.3) is 0 Å². The van der Waals surface area contributed by atoms with Crippen LogP contribution in [0.1, 0.15) is 6.92 Å². The predicted molar refractivity (Wildman–Crippen MR) is 68.3 cm³/mol. The molecule has 3 aromatic rings. The van der Waals surface area contributed by atoms with E-state index in [2.05, 4.69) is 10.2 Å². The molecule has 0 spiro atoms. The first kappa shape index (κ1) is 10.3. The average Bonchev–Trinajstić information content (AvgIpc) is 2.91. The molecule has 86 valence electrons. The lowest BCUT2D eigenvalue weighted by atomic mass is 10.2. The molecule has 0 amide bonds. The fourth-order valence-corrected chi connectivity index (χ4v) is 2.15. The van der Waals surface area contributed by atoms with E-state index in [4.69, 9.17) is 16.6 Å². The van der Waals surface area contributed by atoms with Gasteiger partial charge in [-0.25, -0.2) is 0 Å². The Kier molecular flexibility index (Phi) is 2.33. The molecule has 0 saturated heterocycles. The highest BCUT2D eigenvalue weighted by molar-refractivity contribution is 7.71. The number of para-hydroxylation sites is 1. The summed E-state index contributed by atoms with van der Waals surface area (Å²) in [6.07, 6.45) is 0. The number of hydrogen-bond donors (Lipinski definition) is 1. The number of nitrogens with one attached hydrogen (secondary N) is 1. The second-order valence-electron chi connectivity index (χ2n) is 3.75. The van der Waals surface area contributed by atoms with Crippen LogP contribution in [0.2, 0.25) is 0 Å². The van der Waals surface area contributed by atoms with Gasteiger partial charge in [-0.2, -0.15) is 5.10 Å². The van der Waals surface area contributed by atoms with E-state index in [1.165, 1.54) is 0 Å². The summed E-state index contributed by atoms with van der Waals surface area (Å²) < 4.78 is 8.28. The third-order valence-corrected chi connectivity index (χ3v) is 3.03. The maximum Gasteiger partial charge on any atom is 0.198 e. The lowest BCUT2D eigenvalue weighted by Gasteiger charge is -1.98. The molecule has 0 saturated carbocycles. The summed E-state index contributed by atoms with van der Waals surface area (Å²) >= 11 is 5.16. The molecule has 2 aromatic heterocycles. The Morgan fingerprint density at radius 2 is 2.24 bits per heavy atom. The van der Waals surface area contributed by atoms with Gasteiger partial charge in [0.1, 0.15) is 5.58 Å². The number of fused-ring (bicyclic) bond motifs is 1. The van der Waals surface area contributed by atoms with E-state index in [-0.39, 0.29) is 0 Å². The molecule has 0 radical (unpaired) electrons. The molecule has 0 bridgehead atoms. The van der Waals surface area contributed by atoms with Gasteiger partial charge < -0.3 is 4.42 Å². The summed E-state index contributed by atoms with van der Waals surface area (Å²) in [5.41, 5.74) is 0.860. The first-order valence-electron chi connectivity index (χ1n) is 5.43. The van der Waals surface area contributed by atoms with Crippen molar-refractivity contribution in [3.8, 4) is 11.6 Å². The monoisotopic (exact) mass is 245 g/mol. The third-order valence-electron chi connectivity index (χ3n) is 2.72. The van der Waals surface area contributed by atoms with Crippen molar-refractivity contribution in [1.82, 2.24) is 14.8 Å². The minimum atomic E-state index is 0.614. The Bertz CT molecular complexity index is 690. The normalized spacial score (nSPS) is 11.1. The quantitative estimate of drug-likeness (QED) is 0.704. The number of aromatic nitrogens is 3. The Hall–Kier alpha value is -1.88. The maximum absolute atomic E-state index is 5.76. The van der Waals surface area contributed by atoms with E-state index in [9.17, 15) is 0 Å². The number of hydrogen-bond acceptors (Lipinski definition) is 3. The fourth-order valence-electron chi connectivity index (χ4n) is 1.89. The molecule has 0 aliphatic rings. The third kappa shape index (κ3) is 1.59. The summed E-state index contributed by atoms with van der Waals surface area (Å²) in [4.78, 5) is 0. The average molecular weight is 245 g/mol. The molecule has 0 atom stereocenters. The van der Waals surface area contributed by atoms with Gasteiger partial charge in [0.05, 0.1) is 0 Å². The van der Waals surface area contributed by atoms with Gasteiger partial charge in [0.2, 0.25) is 0 Å². The van der Waals surface area contributed by atoms with Crippen LogP contribution in [0.4, 0.5) is 0 Å². The molecular formula is C12H11N3OS. The predicted octanol–water partition coefficient (Wildman–Crippen LogP) is 3.37. The van der Waals surface area contributed by atoms with Crippen molar-refractivity contribution in [2.24, 2.45) is 0 Å². The summed E-state index contributed by atoms with van der Waals surface area (Å²) in [6, 6.07) is 9.87. The zero-order valence-corrected chi connectivity index (χ0v) is 10.1. The number of H-pyrrole nitrogens is 1. The number of benzene rings is 1. The lowest BCUT2D eigenvalue weighted by Crippen LogP contribution is -1.96. The zero-order chi connectivity index (χ0) is 11.8. The Morgan fingerprint density at radius 1 is 1.41 bits per heavy atom. The van der Waals surface area contributed by atoms with Gasteiger partial charge in [0, 0.05) is 11.9 Å². The second-order valence-corrected chi connectivity index (χ2v) is 4.13. The number of rotatable bonds is 2. The summed E-state index contributed by atoms with van der Waals surface area (Å²) in [5, 5.41) is 8.06. The lowest BCUT2D eigenvalue weighted by molar-refractivity contribution is 0.614. The van der Waals surface area contributed by atoms with Crippen LogP contribution in [-0.2, 0) is 6.54 Å². The molecule has 0 unspecified atom stereocenters. The standard InChI is InChI=1S/C12H11N3OS/c1-2-15-11(13-14-12(15)17)10-7-8-5-3-4-6-9(8)16-10/h3-7H,2H2,1H3,(H,14,17). The summed E-state index contributed by atoms with van der Waals surface area (Å²) in [5.74, 6) is 1.48.